The fourth-order valence-corrected chi connectivity index (χ4v) is 3.27. The summed E-state index contributed by atoms with van der Waals surface area (Å²) in [5.41, 5.74) is 0.464. The van der Waals surface area contributed by atoms with Crippen LogP contribution in [-0.2, 0) is 0 Å². The number of rotatable bonds is 2. The van der Waals surface area contributed by atoms with Crippen LogP contribution in [0.3, 0.4) is 0 Å². The quantitative estimate of drug-likeness (QED) is 0.827. The lowest BCUT2D eigenvalue weighted by atomic mass is 9.95. The van der Waals surface area contributed by atoms with Crippen molar-refractivity contribution in [2.75, 3.05) is 42.9 Å². The molecule has 1 saturated carbocycles. The first-order valence-electron chi connectivity index (χ1n) is 7.42. The molecule has 2 fully saturated rings. The molecule has 1 aromatic heterocycles. The van der Waals surface area contributed by atoms with E-state index in [1.807, 2.05) is 0 Å². The SMILES string of the molecule is CC1(C2CCNc3nc(N4CCNCC4)nn32)CC1. The van der Waals surface area contributed by atoms with Gasteiger partial charge in [0, 0.05) is 32.7 Å². The van der Waals surface area contributed by atoms with Crippen LogP contribution in [0.15, 0.2) is 0 Å². The van der Waals surface area contributed by atoms with Crippen LogP contribution in [0.4, 0.5) is 11.9 Å². The second-order valence-corrected chi connectivity index (χ2v) is 6.30. The lowest BCUT2D eigenvalue weighted by molar-refractivity contribution is 0.284. The summed E-state index contributed by atoms with van der Waals surface area (Å²) in [7, 11) is 0. The maximum atomic E-state index is 4.80. The maximum Gasteiger partial charge on any atom is 0.246 e. The lowest BCUT2D eigenvalue weighted by Gasteiger charge is -2.29. The Morgan fingerprint density at radius 2 is 2.00 bits per heavy atom. The monoisotopic (exact) mass is 262 g/mol. The molecule has 2 N–H and O–H groups in total. The van der Waals surface area contributed by atoms with Crippen LogP contribution in [0.25, 0.3) is 0 Å². The fraction of sp³-hybridized carbons (Fsp3) is 0.846. The molecule has 3 aliphatic rings. The predicted octanol–water partition coefficient (Wildman–Crippen LogP) is 0.844. The van der Waals surface area contributed by atoms with Crippen LogP contribution in [0.1, 0.15) is 32.2 Å². The van der Waals surface area contributed by atoms with Gasteiger partial charge in [-0.2, -0.15) is 4.98 Å². The molecule has 3 heterocycles. The van der Waals surface area contributed by atoms with Crippen molar-refractivity contribution in [1.29, 1.82) is 0 Å². The molecule has 0 bridgehead atoms. The number of piperazine rings is 1. The molecule has 6 heteroatoms. The largest absolute Gasteiger partial charge is 0.354 e. The molecular formula is C13H22N6. The van der Waals surface area contributed by atoms with Gasteiger partial charge in [-0.15, -0.1) is 5.10 Å². The van der Waals surface area contributed by atoms with Gasteiger partial charge in [0.15, 0.2) is 0 Å². The number of nitrogens with one attached hydrogen (secondary N) is 2. The number of anilines is 2. The summed E-state index contributed by atoms with van der Waals surface area (Å²) in [6.45, 7) is 7.48. The van der Waals surface area contributed by atoms with Crippen molar-refractivity contribution in [3.05, 3.63) is 0 Å². The topological polar surface area (TPSA) is 58.0 Å². The summed E-state index contributed by atoms with van der Waals surface area (Å²) >= 11 is 0. The van der Waals surface area contributed by atoms with E-state index in [1.165, 1.54) is 19.3 Å². The highest BCUT2D eigenvalue weighted by atomic mass is 15.5. The van der Waals surface area contributed by atoms with Crippen molar-refractivity contribution >= 4 is 11.9 Å². The smallest absolute Gasteiger partial charge is 0.246 e. The summed E-state index contributed by atoms with van der Waals surface area (Å²) in [6.07, 6.45) is 3.84. The van der Waals surface area contributed by atoms with E-state index in [1.54, 1.807) is 0 Å². The van der Waals surface area contributed by atoms with Crippen LogP contribution in [0.2, 0.25) is 0 Å². The molecule has 1 saturated heterocycles. The van der Waals surface area contributed by atoms with Gasteiger partial charge in [-0.1, -0.05) is 6.92 Å². The van der Waals surface area contributed by atoms with Gasteiger partial charge in [-0.3, -0.25) is 0 Å². The minimum absolute atomic E-state index is 0.464. The standard InChI is InChI=1S/C13H22N6/c1-13(3-4-13)10-2-5-15-11-16-12(17-19(10)11)18-8-6-14-7-9-18/h10,14H,2-9H2,1H3,(H,15,16,17). The van der Waals surface area contributed by atoms with E-state index in [0.29, 0.717) is 11.5 Å². The molecule has 2 aliphatic heterocycles. The molecule has 19 heavy (non-hydrogen) atoms. The van der Waals surface area contributed by atoms with Gasteiger partial charge in [0.1, 0.15) is 0 Å². The fourth-order valence-electron chi connectivity index (χ4n) is 3.27. The molecular weight excluding hydrogens is 240 g/mol. The first-order valence-corrected chi connectivity index (χ1v) is 7.42. The molecule has 4 rings (SSSR count). The van der Waals surface area contributed by atoms with E-state index in [0.717, 1.165) is 44.6 Å². The number of hydrogen-bond acceptors (Lipinski definition) is 5. The van der Waals surface area contributed by atoms with Crippen molar-refractivity contribution in [2.45, 2.75) is 32.2 Å². The van der Waals surface area contributed by atoms with Crippen LogP contribution in [-0.4, -0.2) is 47.5 Å². The Hall–Kier alpha value is -1.30. The molecule has 1 atom stereocenters. The van der Waals surface area contributed by atoms with Gasteiger partial charge in [0.25, 0.3) is 0 Å². The van der Waals surface area contributed by atoms with Gasteiger partial charge in [-0.25, -0.2) is 4.68 Å². The number of hydrogen-bond donors (Lipinski definition) is 2. The molecule has 0 aromatic carbocycles. The second kappa shape index (κ2) is 4.10. The van der Waals surface area contributed by atoms with Crippen molar-refractivity contribution in [1.82, 2.24) is 20.1 Å². The summed E-state index contributed by atoms with van der Waals surface area (Å²) in [6, 6.07) is 0.535. The molecule has 6 nitrogen and oxygen atoms in total. The Balaban J connectivity index is 1.64. The first kappa shape index (κ1) is 11.5. The van der Waals surface area contributed by atoms with E-state index in [9.17, 15) is 0 Å². The third kappa shape index (κ3) is 1.89. The minimum atomic E-state index is 0.464. The Labute approximate surface area is 113 Å². The summed E-state index contributed by atoms with van der Waals surface area (Å²) in [4.78, 5) is 6.99. The average Bonchev–Trinajstić information content (AvgIpc) is 3.05. The zero-order chi connectivity index (χ0) is 12.9. The molecule has 1 aromatic rings. The molecule has 0 radical (unpaired) electrons. The average molecular weight is 262 g/mol. The first-order chi connectivity index (χ1) is 9.26. The van der Waals surface area contributed by atoms with Gasteiger partial charge in [-0.05, 0) is 24.7 Å². The van der Waals surface area contributed by atoms with E-state index in [2.05, 4.69) is 27.1 Å². The maximum absolute atomic E-state index is 4.80. The molecule has 104 valence electrons. The Kier molecular flexibility index (Phi) is 2.48. The van der Waals surface area contributed by atoms with Crippen molar-refractivity contribution < 1.29 is 0 Å². The second-order valence-electron chi connectivity index (χ2n) is 6.30. The van der Waals surface area contributed by atoms with Crippen LogP contribution < -0.4 is 15.5 Å². The lowest BCUT2D eigenvalue weighted by Crippen LogP contribution is -2.44. The van der Waals surface area contributed by atoms with Crippen molar-refractivity contribution in [2.24, 2.45) is 5.41 Å². The molecule has 0 spiro atoms. The van der Waals surface area contributed by atoms with Gasteiger partial charge in [0.2, 0.25) is 11.9 Å². The zero-order valence-corrected chi connectivity index (χ0v) is 11.5. The van der Waals surface area contributed by atoms with E-state index >= 15 is 0 Å². The summed E-state index contributed by atoms with van der Waals surface area (Å²) in [5, 5.41) is 11.6. The normalized spacial score (nSPS) is 28.7. The Bertz CT molecular complexity index is 471. The highest BCUT2D eigenvalue weighted by Gasteiger charge is 2.48. The minimum Gasteiger partial charge on any atom is -0.354 e. The van der Waals surface area contributed by atoms with Gasteiger partial charge in [0.05, 0.1) is 6.04 Å². The van der Waals surface area contributed by atoms with Crippen molar-refractivity contribution in [3.63, 3.8) is 0 Å². The highest BCUT2D eigenvalue weighted by Crippen LogP contribution is 2.56. The number of fused-ring (bicyclic) bond motifs is 1. The van der Waals surface area contributed by atoms with E-state index in [4.69, 9.17) is 10.1 Å². The Morgan fingerprint density at radius 1 is 1.21 bits per heavy atom. The van der Waals surface area contributed by atoms with Crippen LogP contribution in [0.5, 0.6) is 0 Å². The highest BCUT2D eigenvalue weighted by molar-refractivity contribution is 5.40. The molecule has 1 unspecified atom stereocenters. The molecule has 1 aliphatic carbocycles. The number of nitrogens with zero attached hydrogens (tertiary/aromatic N) is 4. The third-order valence-corrected chi connectivity index (χ3v) is 4.86. The van der Waals surface area contributed by atoms with Crippen molar-refractivity contribution in [3.8, 4) is 0 Å². The summed E-state index contributed by atoms with van der Waals surface area (Å²) in [5.74, 6) is 1.87. The third-order valence-electron chi connectivity index (χ3n) is 4.86. The zero-order valence-electron chi connectivity index (χ0n) is 11.5. The van der Waals surface area contributed by atoms with Crippen LogP contribution >= 0.6 is 0 Å². The predicted molar refractivity (Wildman–Crippen MR) is 74.6 cm³/mol. The van der Waals surface area contributed by atoms with E-state index in [-0.39, 0.29) is 0 Å². The summed E-state index contributed by atoms with van der Waals surface area (Å²) < 4.78 is 2.16. The Morgan fingerprint density at radius 3 is 2.74 bits per heavy atom. The van der Waals surface area contributed by atoms with Gasteiger partial charge >= 0.3 is 0 Å². The number of aromatic nitrogens is 3. The van der Waals surface area contributed by atoms with Crippen LogP contribution in [0, 0.1) is 5.41 Å². The van der Waals surface area contributed by atoms with Gasteiger partial charge < -0.3 is 15.5 Å². The van der Waals surface area contributed by atoms with E-state index < -0.39 is 0 Å². The molecule has 0 amide bonds.